The molecule has 2 aromatic heterocycles. The van der Waals surface area contributed by atoms with Crippen LogP contribution in [0.3, 0.4) is 0 Å². The van der Waals surface area contributed by atoms with Crippen molar-refractivity contribution in [2.75, 3.05) is 7.11 Å². The van der Waals surface area contributed by atoms with E-state index in [-0.39, 0.29) is 12.0 Å². The van der Waals surface area contributed by atoms with Crippen LogP contribution in [-0.2, 0) is 24.1 Å². The van der Waals surface area contributed by atoms with E-state index in [0.29, 0.717) is 28.2 Å². The molecular formula is C24H20O6. The van der Waals surface area contributed by atoms with Gasteiger partial charge in [-0.2, -0.15) is 0 Å². The zero-order chi connectivity index (χ0) is 20.8. The predicted octanol–water partition coefficient (Wildman–Crippen LogP) is 4.72. The molecule has 1 aliphatic carbocycles. The van der Waals surface area contributed by atoms with E-state index in [1.807, 2.05) is 18.2 Å². The molecule has 0 aliphatic heterocycles. The molecule has 2 heterocycles. The normalized spacial score (nSPS) is 13.5. The largest absolute Gasteiger partial charge is 0.497 e. The van der Waals surface area contributed by atoms with Crippen molar-refractivity contribution in [1.29, 1.82) is 0 Å². The van der Waals surface area contributed by atoms with Gasteiger partial charge in [0.05, 0.1) is 13.5 Å². The number of carbonyl (C=O) groups is 1. The molecule has 1 N–H and O–H groups in total. The number of furan rings is 1. The molecule has 152 valence electrons. The quantitative estimate of drug-likeness (QED) is 0.495. The lowest BCUT2D eigenvalue weighted by Crippen LogP contribution is -2.15. The number of aliphatic carboxylic acids is 1. The van der Waals surface area contributed by atoms with Crippen molar-refractivity contribution in [3.8, 4) is 17.1 Å². The van der Waals surface area contributed by atoms with E-state index in [1.165, 1.54) is 0 Å². The first-order valence-corrected chi connectivity index (χ1v) is 9.95. The highest BCUT2D eigenvalue weighted by atomic mass is 16.5. The van der Waals surface area contributed by atoms with Gasteiger partial charge in [0.15, 0.2) is 0 Å². The van der Waals surface area contributed by atoms with Gasteiger partial charge in [0.25, 0.3) is 0 Å². The Labute approximate surface area is 171 Å². The first-order valence-electron chi connectivity index (χ1n) is 9.95. The summed E-state index contributed by atoms with van der Waals surface area (Å²) >= 11 is 0. The molecule has 0 bridgehead atoms. The zero-order valence-corrected chi connectivity index (χ0v) is 16.5. The number of benzene rings is 2. The van der Waals surface area contributed by atoms with Crippen molar-refractivity contribution in [3.05, 3.63) is 63.5 Å². The number of fused-ring (bicyclic) bond motifs is 4. The maximum absolute atomic E-state index is 12.4. The van der Waals surface area contributed by atoms with Crippen molar-refractivity contribution in [1.82, 2.24) is 0 Å². The summed E-state index contributed by atoms with van der Waals surface area (Å²) in [4.78, 5) is 24.0. The number of aryl methyl sites for hydroxylation is 1. The summed E-state index contributed by atoms with van der Waals surface area (Å²) in [5.74, 6) is 0.268. The smallest absolute Gasteiger partial charge is 0.339 e. The third-order valence-electron chi connectivity index (χ3n) is 5.82. The van der Waals surface area contributed by atoms with Crippen molar-refractivity contribution in [2.45, 2.75) is 32.1 Å². The van der Waals surface area contributed by atoms with Crippen LogP contribution in [0, 0.1) is 0 Å². The van der Waals surface area contributed by atoms with Crippen LogP contribution in [0.15, 0.2) is 50.0 Å². The lowest BCUT2D eigenvalue weighted by atomic mass is 9.90. The van der Waals surface area contributed by atoms with Gasteiger partial charge in [-0.15, -0.1) is 0 Å². The first kappa shape index (κ1) is 18.5. The number of rotatable bonds is 4. The third kappa shape index (κ3) is 2.96. The summed E-state index contributed by atoms with van der Waals surface area (Å²) in [5.41, 5.74) is 3.82. The molecule has 4 aromatic rings. The van der Waals surface area contributed by atoms with Crippen LogP contribution in [0.4, 0.5) is 0 Å². The minimum Gasteiger partial charge on any atom is -0.497 e. The molecule has 2 aromatic carbocycles. The van der Waals surface area contributed by atoms with E-state index in [2.05, 4.69) is 0 Å². The summed E-state index contributed by atoms with van der Waals surface area (Å²) in [5, 5.41) is 11.1. The van der Waals surface area contributed by atoms with Crippen LogP contribution in [0.25, 0.3) is 33.3 Å². The Morgan fingerprint density at radius 1 is 1.00 bits per heavy atom. The Balaban J connectivity index is 1.79. The van der Waals surface area contributed by atoms with E-state index in [1.54, 1.807) is 25.3 Å². The highest BCUT2D eigenvalue weighted by molar-refractivity contribution is 6.00. The van der Waals surface area contributed by atoms with Gasteiger partial charge in [0, 0.05) is 33.5 Å². The Morgan fingerprint density at radius 2 is 1.70 bits per heavy atom. The maximum atomic E-state index is 12.4. The van der Waals surface area contributed by atoms with E-state index in [9.17, 15) is 14.7 Å². The molecule has 0 spiro atoms. The lowest BCUT2D eigenvalue weighted by molar-refractivity contribution is -0.136. The molecule has 1 aliphatic rings. The fourth-order valence-corrected chi connectivity index (χ4v) is 4.39. The molecule has 5 rings (SSSR count). The monoisotopic (exact) mass is 404 g/mol. The molecule has 6 heteroatoms. The average Bonchev–Trinajstić information content (AvgIpc) is 3.09. The van der Waals surface area contributed by atoms with E-state index in [4.69, 9.17) is 13.6 Å². The number of hydrogen-bond acceptors (Lipinski definition) is 5. The summed E-state index contributed by atoms with van der Waals surface area (Å²) in [6, 6.07) is 10.9. The molecule has 0 amide bonds. The fraction of sp³-hybridized carbons (Fsp3) is 0.250. The van der Waals surface area contributed by atoms with Crippen LogP contribution in [0.5, 0.6) is 5.75 Å². The molecule has 0 saturated carbocycles. The van der Waals surface area contributed by atoms with Crippen LogP contribution < -0.4 is 10.4 Å². The summed E-state index contributed by atoms with van der Waals surface area (Å²) in [6.45, 7) is 0. The Hall–Kier alpha value is -3.54. The van der Waals surface area contributed by atoms with Crippen LogP contribution >= 0.6 is 0 Å². The molecular weight excluding hydrogens is 384 g/mol. The van der Waals surface area contributed by atoms with Gasteiger partial charge in [0.1, 0.15) is 22.7 Å². The summed E-state index contributed by atoms with van der Waals surface area (Å²) < 4.78 is 16.9. The highest BCUT2D eigenvalue weighted by Gasteiger charge is 2.23. The topological polar surface area (TPSA) is 89.9 Å². The van der Waals surface area contributed by atoms with E-state index >= 15 is 0 Å². The number of ether oxygens (including phenoxy) is 1. The van der Waals surface area contributed by atoms with Gasteiger partial charge in [-0.1, -0.05) is 0 Å². The van der Waals surface area contributed by atoms with Gasteiger partial charge in [-0.25, -0.2) is 4.79 Å². The second-order valence-electron chi connectivity index (χ2n) is 7.61. The minimum absolute atomic E-state index is 0.168. The number of carboxylic acids is 1. The van der Waals surface area contributed by atoms with Gasteiger partial charge in [-0.05, 0) is 61.6 Å². The van der Waals surface area contributed by atoms with E-state index in [0.717, 1.165) is 53.1 Å². The number of hydrogen-bond donors (Lipinski definition) is 1. The van der Waals surface area contributed by atoms with Crippen molar-refractivity contribution >= 4 is 27.9 Å². The SMILES string of the molecule is COc1ccc(-c2oc3cc4oc(=O)c5c(c4cc3c2CC(=O)O)CCCC5)cc1. The van der Waals surface area contributed by atoms with Gasteiger partial charge in [-0.3, -0.25) is 4.79 Å². The Bertz CT molecular complexity index is 1340. The van der Waals surface area contributed by atoms with Crippen molar-refractivity contribution < 1.29 is 23.5 Å². The Morgan fingerprint density at radius 3 is 2.40 bits per heavy atom. The van der Waals surface area contributed by atoms with E-state index < -0.39 is 5.97 Å². The minimum atomic E-state index is -0.936. The molecule has 0 radical (unpaired) electrons. The average molecular weight is 404 g/mol. The van der Waals surface area contributed by atoms with Gasteiger partial charge < -0.3 is 18.7 Å². The maximum Gasteiger partial charge on any atom is 0.339 e. The predicted molar refractivity (Wildman–Crippen MR) is 112 cm³/mol. The van der Waals surface area contributed by atoms with Crippen LogP contribution in [0.1, 0.15) is 29.5 Å². The summed E-state index contributed by atoms with van der Waals surface area (Å²) in [6.07, 6.45) is 3.37. The second-order valence-corrected chi connectivity index (χ2v) is 7.61. The standard InChI is InChI=1S/C24H20O6/c1-28-14-8-6-13(7-9-14)23-19(11-22(25)26)18-10-17-15-4-2-3-5-16(15)24(27)30-21(17)12-20(18)29-23/h6-10,12H,2-5,11H2,1H3,(H,25,26). The number of methoxy groups -OCH3 is 1. The van der Waals surface area contributed by atoms with Gasteiger partial charge >= 0.3 is 11.6 Å². The molecule has 0 fully saturated rings. The molecule has 0 unspecified atom stereocenters. The third-order valence-corrected chi connectivity index (χ3v) is 5.82. The zero-order valence-electron chi connectivity index (χ0n) is 16.5. The highest BCUT2D eigenvalue weighted by Crippen LogP contribution is 2.38. The Kier molecular flexibility index (Phi) is 4.35. The van der Waals surface area contributed by atoms with Crippen LogP contribution in [0.2, 0.25) is 0 Å². The first-order chi connectivity index (χ1) is 14.5. The van der Waals surface area contributed by atoms with Crippen molar-refractivity contribution in [2.24, 2.45) is 0 Å². The molecule has 0 saturated heterocycles. The van der Waals surface area contributed by atoms with Crippen molar-refractivity contribution in [3.63, 3.8) is 0 Å². The molecule has 30 heavy (non-hydrogen) atoms. The fourth-order valence-electron chi connectivity index (χ4n) is 4.39. The number of carboxylic acid groups (broad SMARTS) is 1. The van der Waals surface area contributed by atoms with Gasteiger partial charge in [0.2, 0.25) is 0 Å². The molecule has 6 nitrogen and oxygen atoms in total. The summed E-state index contributed by atoms with van der Waals surface area (Å²) in [7, 11) is 1.59. The lowest BCUT2D eigenvalue weighted by Gasteiger charge is -2.15. The molecule has 0 atom stereocenters. The van der Waals surface area contributed by atoms with Crippen LogP contribution in [-0.4, -0.2) is 18.2 Å². The second kappa shape index (κ2) is 7.06.